The van der Waals surface area contributed by atoms with Gasteiger partial charge in [0, 0.05) is 11.7 Å². The maximum atomic E-state index is 3.75. The molecule has 0 radical (unpaired) electrons. The van der Waals surface area contributed by atoms with Crippen LogP contribution in [0.1, 0.15) is 33.3 Å². The van der Waals surface area contributed by atoms with Gasteiger partial charge >= 0.3 is 0 Å². The first kappa shape index (κ1) is 11.8. The van der Waals surface area contributed by atoms with E-state index in [0.29, 0.717) is 6.04 Å². The molecular weight excluding hydrogens is 182 g/mol. The highest BCUT2D eigenvalue weighted by Crippen LogP contribution is 2.23. The predicted molar refractivity (Wildman–Crippen MR) is 68.4 cm³/mol. The Morgan fingerprint density at radius 2 is 1.73 bits per heavy atom. The van der Waals surface area contributed by atoms with Crippen LogP contribution in [0.3, 0.4) is 0 Å². The van der Waals surface area contributed by atoms with Gasteiger partial charge in [-0.05, 0) is 30.0 Å². The second-order valence-electron chi connectivity index (χ2n) is 5.00. The summed E-state index contributed by atoms with van der Waals surface area (Å²) in [6.45, 7) is 12.5. The second-order valence-corrected chi connectivity index (χ2v) is 5.00. The maximum absolute atomic E-state index is 3.75. The molecule has 0 aliphatic heterocycles. The van der Waals surface area contributed by atoms with Crippen LogP contribution in [0, 0.1) is 0 Å². The van der Waals surface area contributed by atoms with E-state index in [-0.39, 0.29) is 5.41 Å². The Balaban J connectivity index is 2.77. The van der Waals surface area contributed by atoms with E-state index in [9.17, 15) is 0 Å². The molecular formula is C14H21N. The van der Waals surface area contributed by atoms with Gasteiger partial charge in [-0.3, -0.25) is 0 Å². The molecule has 0 aliphatic carbocycles. The molecule has 0 amide bonds. The summed E-state index contributed by atoms with van der Waals surface area (Å²) in [5.41, 5.74) is 2.73. The van der Waals surface area contributed by atoms with E-state index in [0.717, 1.165) is 5.69 Å². The van der Waals surface area contributed by atoms with Crippen molar-refractivity contribution in [1.29, 1.82) is 0 Å². The van der Waals surface area contributed by atoms with Gasteiger partial charge in [0.25, 0.3) is 0 Å². The largest absolute Gasteiger partial charge is 0.379 e. The lowest BCUT2D eigenvalue weighted by molar-refractivity contribution is 0.590. The average molecular weight is 203 g/mol. The quantitative estimate of drug-likeness (QED) is 0.733. The fourth-order valence-corrected chi connectivity index (χ4v) is 1.39. The molecule has 0 bridgehead atoms. The summed E-state index contributed by atoms with van der Waals surface area (Å²) in [4.78, 5) is 0. The van der Waals surface area contributed by atoms with E-state index in [1.54, 1.807) is 0 Å². The highest BCUT2D eigenvalue weighted by molar-refractivity contribution is 5.47. The number of benzene rings is 1. The summed E-state index contributed by atoms with van der Waals surface area (Å²) in [7, 11) is 0. The minimum Gasteiger partial charge on any atom is -0.379 e. The Hall–Kier alpha value is -1.24. The molecule has 82 valence electrons. The van der Waals surface area contributed by atoms with Crippen LogP contribution in [0.2, 0.25) is 0 Å². The van der Waals surface area contributed by atoms with E-state index < -0.39 is 0 Å². The molecule has 1 atom stereocenters. The van der Waals surface area contributed by atoms with E-state index >= 15 is 0 Å². The first-order chi connectivity index (χ1) is 6.93. The molecule has 0 aromatic heterocycles. The van der Waals surface area contributed by atoms with Gasteiger partial charge in [-0.25, -0.2) is 0 Å². The standard InChI is InChI=1S/C14H21N/c1-6-11(2)15-13-9-7-12(8-10-13)14(3,4)5/h6-11,15H,1H2,2-5H3. The summed E-state index contributed by atoms with van der Waals surface area (Å²) in [5.74, 6) is 0. The highest BCUT2D eigenvalue weighted by Gasteiger charge is 2.12. The molecule has 1 aromatic rings. The highest BCUT2D eigenvalue weighted by atomic mass is 14.9. The van der Waals surface area contributed by atoms with E-state index in [1.165, 1.54) is 5.56 Å². The molecule has 1 heteroatoms. The molecule has 1 aromatic carbocycles. The third-order valence-electron chi connectivity index (χ3n) is 2.50. The fraction of sp³-hybridized carbons (Fsp3) is 0.429. The van der Waals surface area contributed by atoms with Crippen LogP contribution in [0.15, 0.2) is 36.9 Å². The van der Waals surface area contributed by atoms with Gasteiger partial charge < -0.3 is 5.32 Å². The van der Waals surface area contributed by atoms with Crippen molar-refractivity contribution in [1.82, 2.24) is 0 Å². The minimum absolute atomic E-state index is 0.225. The normalized spacial score (nSPS) is 13.3. The van der Waals surface area contributed by atoms with Crippen molar-refractivity contribution in [3.63, 3.8) is 0 Å². The number of rotatable bonds is 3. The van der Waals surface area contributed by atoms with Crippen molar-refractivity contribution < 1.29 is 0 Å². The summed E-state index contributed by atoms with van der Waals surface area (Å²) in [6.07, 6.45) is 1.90. The molecule has 0 saturated heterocycles. The van der Waals surface area contributed by atoms with Crippen LogP contribution >= 0.6 is 0 Å². The molecule has 0 fully saturated rings. The van der Waals surface area contributed by atoms with Crippen molar-refractivity contribution in [3.05, 3.63) is 42.5 Å². The third-order valence-corrected chi connectivity index (χ3v) is 2.50. The first-order valence-corrected chi connectivity index (χ1v) is 5.43. The van der Waals surface area contributed by atoms with E-state index in [1.807, 2.05) is 6.08 Å². The predicted octanol–water partition coefficient (Wildman–Crippen LogP) is 3.97. The van der Waals surface area contributed by atoms with Gasteiger partial charge in [-0.15, -0.1) is 6.58 Å². The molecule has 0 spiro atoms. The summed E-state index contributed by atoms with van der Waals surface area (Å²) in [5, 5.41) is 3.35. The zero-order valence-electron chi connectivity index (χ0n) is 10.2. The van der Waals surface area contributed by atoms with Crippen LogP contribution in [0.4, 0.5) is 5.69 Å². The van der Waals surface area contributed by atoms with Crippen LogP contribution in [0.5, 0.6) is 0 Å². The Morgan fingerprint density at radius 3 is 2.13 bits per heavy atom. The van der Waals surface area contributed by atoms with Gasteiger partial charge in [0.05, 0.1) is 0 Å². The number of hydrogen-bond acceptors (Lipinski definition) is 1. The van der Waals surface area contributed by atoms with Crippen LogP contribution in [-0.4, -0.2) is 6.04 Å². The van der Waals surface area contributed by atoms with Gasteiger partial charge in [0.1, 0.15) is 0 Å². The lowest BCUT2D eigenvalue weighted by atomic mass is 9.87. The summed E-state index contributed by atoms with van der Waals surface area (Å²) in [6, 6.07) is 8.92. The number of hydrogen-bond donors (Lipinski definition) is 1. The zero-order chi connectivity index (χ0) is 11.5. The second kappa shape index (κ2) is 4.52. The van der Waals surface area contributed by atoms with Crippen molar-refractivity contribution in [2.24, 2.45) is 0 Å². The summed E-state index contributed by atoms with van der Waals surface area (Å²) < 4.78 is 0. The van der Waals surface area contributed by atoms with Gasteiger partial charge in [-0.2, -0.15) is 0 Å². The van der Waals surface area contributed by atoms with Gasteiger partial charge in [0.2, 0.25) is 0 Å². The number of nitrogens with one attached hydrogen (secondary N) is 1. The first-order valence-electron chi connectivity index (χ1n) is 5.43. The van der Waals surface area contributed by atoms with Crippen LogP contribution in [0.25, 0.3) is 0 Å². The molecule has 1 N–H and O–H groups in total. The Morgan fingerprint density at radius 1 is 1.20 bits per heavy atom. The maximum Gasteiger partial charge on any atom is 0.0413 e. The molecule has 15 heavy (non-hydrogen) atoms. The van der Waals surface area contributed by atoms with E-state index in [4.69, 9.17) is 0 Å². The molecule has 1 nitrogen and oxygen atoms in total. The lowest BCUT2D eigenvalue weighted by Gasteiger charge is -2.19. The Labute approximate surface area is 93.2 Å². The van der Waals surface area contributed by atoms with Crippen LogP contribution in [-0.2, 0) is 5.41 Å². The molecule has 1 unspecified atom stereocenters. The zero-order valence-corrected chi connectivity index (χ0v) is 10.2. The van der Waals surface area contributed by atoms with Crippen molar-refractivity contribution in [3.8, 4) is 0 Å². The van der Waals surface area contributed by atoms with Crippen molar-refractivity contribution >= 4 is 5.69 Å². The topological polar surface area (TPSA) is 12.0 Å². The Bertz CT molecular complexity index is 316. The lowest BCUT2D eigenvalue weighted by Crippen LogP contribution is -2.13. The molecule has 1 rings (SSSR count). The summed E-state index contributed by atoms with van der Waals surface area (Å²) >= 11 is 0. The van der Waals surface area contributed by atoms with Gasteiger partial charge in [0.15, 0.2) is 0 Å². The SMILES string of the molecule is C=CC(C)Nc1ccc(C(C)(C)C)cc1. The minimum atomic E-state index is 0.225. The number of anilines is 1. The third kappa shape index (κ3) is 3.43. The monoisotopic (exact) mass is 203 g/mol. The fourth-order valence-electron chi connectivity index (χ4n) is 1.39. The van der Waals surface area contributed by atoms with Crippen LogP contribution < -0.4 is 5.32 Å². The molecule has 0 aliphatic rings. The molecule has 0 heterocycles. The smallest absolute Gasteiger partial charge is 0.0413 e. The average Bonchev–Trinajstić information content (AvgIpc) is 2.17. The molecule has 0 saturated carbocycles. The van der Waals surface area contributed by atoms with Gasteiger partial charge in [-0.1, -0.05) is 39.0 Å². The van der Waals surface area contributed by atoms with Crippen molar-refractivity contribution in [2.75, 3.05) is 5.32 Å². The van der Waals surface area contributed by atoms with Crippen molar-refractivity contribution in [2.45, 2.75) is 39.2 Å². The van der Waals surface area contributed by atoms with E-state index in [2.05, 4.69) is 63.9 Å². The Kier molecular flexibility index (Phi) is 3.57.